The van der Waals surface area contributed by atoms with Gasteiger partial charge in [0.2, 0.25) is 21.9 Å². The number of amides is 1. The molecule has 37 heavy (non-hydrogen) atoms. The molecule has 0 spiro atoms. The number of halogens is 2. The molecule has 3 heterocycles. The summed E-state index contributed by atoms with van der Waals surface area (Å²) in [5, 5.41) is 3.85. The molecule has 2 aliphatic heterocycles. The average Bonchev–Trinajstić information content (AvgIpc) is 2.84. The number of anilines is 3. The number of hydrogen-bond donors (Lipinski definition) is 2. The second-order valence-corrected chi connectivity index (χ2v) is 11.4. The highest BCUT2D eigenvalue weighted by atomic mass is 35.5. The summed E-state index contributed by atoms with van der Waals surface area (Å²) in [6, 6.07) is 11.1. The van der Waals surface area contributed by atoms with E-state index in [4.69, 9.17) is 27.9 Å². The summed E-state index contributed by atoms with van der Waals surface area (Å²) in [7, 11) is -3.20. The molecule has 13 heteroatoms. The lowest BCUT2D eigenvalue weighted by Gasteiger charge is -2.29. The Balaban J connectivity index is 1.28. The van der Waals surface area contributed by atoms with Crippen LogP contribution in [0.5, 0.6) is 5.88 Å². The fraction of sp³-hybridized carbons (Fsp3) is 0.292. The second-order valence-electron chi connectivity index (χ2n) is 8.79. The fourth-order valence-electron chi connectivity index (χ4n) is 4.33. The highest BCUT2D eigenvalue weighted by Gasteiger charge is 2.31. The van der Waals surface area contributed by atoms with Gasteiger partial charge in [0, 0.05) is 38.1 Å². The maximum absolute atomic E-state index is 13.1. The maximum Gasteiger partial charge on any atom is 0.268 e. The predicted octanol–water partition coefficient (Wildman–Crippen LogP) is 3.43. The lowest BCUT2D eigenvalue weighted by Crippen LogP contribution is -2.39. The van der Waals surface area contributed by atoms with Crippen LogP contribution in [0.2, 0.25) is 10.0 Å². The van der Waals surface area contributed by atoms with E-state index in [1.54, 1.807) is 18.2 Å². The minimum absolute atomic E-state index is 0.0887. The molecule has 2 aliphatic rings. The first-order chi connectivity index (χ1) is 17.7. The van der Waals surface area contributed by atoms with Gasteiger partial charge in [-0.1, -0.05) is 35.3 Å². The molecule has 1 aromatic heterocycles. The number of rotatable bonds is 7. The first kappa shape index (κ1) is 25.7. The number of carbonyl (C=O) groups excluding carboxylic acids is 1. The monoisotopic (exact) mass is 562 g/mol. The Bertz CT molecular complexity index is 1450. The molecule has 0 atom stereocenters. The summed E-state index contributed by atoms with van der Waals surface area (Å²) in [5.74, 6) is 0.104. The molecule has 0 radical (unpaired) electrons. The van der Waals surface area contributed by atoms with Crippen molar-refractivity contribution in [3.8, 4) is 5.88 Å². The molecule has 194 valence electrons. The molecule has 1 amide bonds. The Hall–Kier alpha value is -2.96. The third kappa shape index (κ3) is 5.81. The van der Waals surface area contributed by atoms with Crippen molar-refractivity contribution in [3.63, 3.8) is 0 Å². The summed E-state index contributed by atoms with van der Waals surface area (Å²) in [4.78, 5) is 25.4. The van der Waals surface area contributed by atoms with Crippen molar-refractivity contribution in [3.05, 3.63) is 69.3 Å². The van der Waals surface area contributed by atoms with E-state index in [9.17, 15) is 13.2 Å². The number of hydrogen-bond acceptors (Lipinski definition) is 8. The second kappa shape index (κ2) is 10.4. The molecule has 0 saturated heterocycles. The Morgan fingerprint density at radius 3 is 2.68 bits per heavy atom. The normalized spacial score (nSPS) is 15.6. The highest BCUT2D eigenvalue weighted by molar-refractivity contribution is 7.88. The number of aromatic nitrogens is 2. The quantitative estimate of drug-likeness (QED) is 0.449. The van der Waals surface area contributed by atoms with Gasteiger partial charge in [-0.3, -0.25) is 14.6 Å². The first-order valence-corrected chi connectivity index (χ1v) is 14.1. The lowest BCUT2D eigenvalue weighted by molar-refractivity contribution is 0.0932. The van der Waals surface area contributed by atoms with E-state index >= 15 is 0 Å². The zero-order valence-electron chi connectivity index (χ0n) is 19.9. The number of ether oxygens (including phenoxy) is 1. The van der Waals surface area contributed by atoms with Crippen molar-refractivity contribution < 1.29 is 17.9 Å². The van der Waals surface area contributed by atoms with Gasteiger partial charge in [0.25, 0.3) is 5.91 Å². The Morgan fingerprint density at radius 1 is 1.14 bits per heavy atom. The number of benzene rings is 2. The van der Waals surface area contributed by atoms with Crippen LogP contribution in [0.15, 0.2) is 42.6 Å². The van der Waals surface area contributed by atoms with Crippen LogP contribution >= 0.6 is 23.2 Å². The predicted molar refractivity (Wildman–Crippen MR) is 142 cm³/mol. The maximum atomic E-state index is 13.1. The third-order valence-corrected chi connectivity index (χ3v) is 7.45. The van der Waals surface area contributed by atoms with Crippen molar-refractivity contribution in [2.75, 3.05) is 42.8 Å². The summed E-state index contributed by atoms with van der Waals surface area (Å²) in [6.45, 7) is 2.47. The molecular weight excluding hydrogens is 539 g/mol. The minimum atomic E-state index is -3.20. The molecular formula is C24H24Cl2N6O4S. The van der Waals surface area contributed by atoms with Crippen molar-refractivity contribution in [1.82, 2.24) is 19.6 Å². The van der Waals surface area contributed by atoms with Gasteiger partial charge in [0.1, 0.15) is 5.56 Å². The fourth-order valence-corrected chi connectivity index (χ4v) is 5.39. The zero-order chi connectivity index (χ0) is 26.2. The topological polar surface area (TPSA) is 117 Å². The molecule has 0 unspecified atom stereocenters. The SMILES string of the molecule is CS(=O)(=O)NCCN1CCc2ccc(Nc3ncc4c(n3)OCN(c3c(Cl)cccc3Cl)C4=O)cc2C1. The number of para-hydroxylation sites is 1. The van der Waals surface area contributed by atoms with Gasteiger partial charge in [-0.25, -0.2) is 18.1 Å². The van der Waals surface area contributed by atoms with Crippen molar-refractivity contribution >= 4 is 56.5 Å². The van der Waals surface area contributed by atoms with Crippen LogP contribution in [0.25, 0.3) is 0 Å². The molecule has 0 aliphatic carbocycles. The van der Waals surface area contributed by atoms with Crippen LogP contribution in [0.4, 0.5) is 17.3 Å². The van der Waals surface area contributed by atoms with Crippen molar-refractivity contribution in [2.24, 2.45) is 0 Å². The molecule has 3 aromatic rings. The van der Waals surface area contributed by atoms with Gasteiger partial charge < -0.3 is 10.1 Å². The van der Waals surface area contributed by atoms with E-state index in [2.05, 4.69) is 31.0 Å². The number of sulfonamides is 1. The van der Waals surface area contributed by atoms with E-state index in [1.807, 2.05) is 12.1 Å². The van der Waals surface area contributed by atoms with E-state index in [1.165, 1.54) is 16.7 Å². The van der Waals surface area contributed by atoms with Crippen molar-refractivity contribution in [1.29, 1.82) is 0 Å². The van der Waals surface area contributed by atoms with Gasteiger partial charge in [-0.2, -0.15) is 4.98 Å². The first-order valence-electron chi connectivity index (χ1n) is 11.5. The van der Waals surface area contributed by atoms with E-state index in [-0.39, 0.29) is 24.1 Å². The van der Waals surface area contributed by atoms with E-state index in [0.29, 0.717) is 41.3 Å². The Morgan fingerprint density at radius 2 is 1.92 bits per heavy atom. The van der Waals surface area contributed by atoms with E-state index < -0.39 is 10.0 Å². The van der Waals surface area contributed by atoms with Gasteiger partial charge in [0.05, 0.1) is 22.0 Å². The van der Waals surface area contributed by atoms with Crippen LogP contribution < -0.4 is 19.7 Å². The van der Waals surface area contributed by atoms with Gasteiger partial charge in [-0.05, 0) is 41.8 Å². The number of carbonyl (C=O) groups is 1. The standard InChI is InChI=1S/C24H24Cl2N6O4S/c1-37(34,35)28-8-10-31-9-7-15-5-6-17(11-16(15)13-31)29-24-27-12-18-22(30-24)36-14-32(23(18)33)21-19(25)3-2-4-20(21)26/h2-6,11-12,28H,7-10,13-14H2,1H3,(H,27,29,30). The van der Waals surface area contributed by atoms with Gasteiger partial charge >= 0.3 is 0 Å². The summed E-state index contributed by atoms with van der Waals surface area (Å²) >= 11 is 12.5. The van der Waals surface area contributed by atoms with Crippen LogP contribution in [-0.2, 0) is 23.0 Å². The highest BCUT2D eigenvalue weighted by Crippen LogP contribution is 2.37. The van der Waals surface area contributed by atoms with Crippen LogP contribution in [0.3, 0.4) is 0 Å². The van der Waals surface area contributed by atoms with Gasteiger partial charge in [0.15, 0.2) is 6.73 Å². The summed E-state index contributed by atoms with van der Waals surface area (Å²) < 4.78 is 30.9. The van der Waals surface area contributed by atoms with Crippen LogP contribution in [0, 0.1) is 0 Å². The molecule has 5 rings (SSSR count). The van der Waals surface area contributed by atoms with Crippen LogP contribution in [0.1, 0.15) is 21.5 Å². The Kier molecular flexibility index (Phi) is 7.24. The molecule has 10 nitrogen and oxygen atoms in total. The third-order valence-electron chi connectivity index (χ3n) is 6.11. The summed E-state index contributed by atoms with van der Waals surface area (Å²) in [5.41, 5.74) is 3.76. The lowest BCUT2D eigenvalue weighted by atomic mass is 9.99. The molecule has 0 saturated carbocycles. The molecule has 0 fully saturated rings. The van der Waals surface area contributed by atoms with Gasteiger partial charge in [-0.15, -0.1) is 0 Å². The zero-order valence-corrected chi connectivity index (χ0v) is 22.2. The number of fused-ring (bicyclic) bond motifs is 2. The smallest absolute Gasteiger partial charge is 0.268 e. The number of nitrogens with zero attached hydrogens (tertiary/aromatic N) is 4. The molecule has 0 bridgehead atoms. The molecule has 2 N–H and O–H groups in total. The largest absolute Gasteiger partial charge is 0.455 e. The minimum Gasteiger partial charge on any atom is -0.455 e. The van der Waals surface area contributed by atoms with E-state index in [0.717, 1.165) is 30.5 Å². The Labute approximate surface area is 224 Å². The number of nitrogens with one attached hydrogen (secondary N) is 2. The van der Waals surface area contributed by atoms with Crippen LogP contribution in [-0.4, -0.2) is 61.8 Å². The van der Waals surface area contributed by atoms with Crippen molar-refractivity contribution in [2.45, 2.75) is 13.0 Å². The summed E-state index contributed by atoms with van der Waals surface area (Å²) in [6.07, 6.45) is 3.45. The average molecular weight is 563 g/mol. The molecule has 2 aromatic carbocycles.